The molecule has 0 bridgehead atoms. The first-order chi connectivity index (χ1) is 14.0. The van der Waals surface area contributed by atoms with E-state index in [1.165, 1.54) is 18.2 Å². The van der Waals surface area contributed by atoms with Crippen LogP contribution in [0.5, 0.6) is 0 Å². The number of non-ortho nitro benzene ring substituents is 1. The van der Waals surface area contributed by atoms with E-state index in [0.717, 1.165) is 11.6 Å². The standard InChI is InChI=1S/C21H15ClN2O5/c22-18-12-15(24(27)28)10-11-16(18)20(25)23-19-9-5-4-8-17(19)21(26)29-13-14-6-2-1-3-7-14/h1-12H,13H2,(H,23,25). The van der Waals surface area contributed by atoms with Crippen molar-refractivity contribution in [3.63, 3.8) is 0 Å². The number of hydrogen-bond acceptors (Lipinski definition) is 5. The number of carbonyl (C=O) groups is 2. The molecule has 0 aliphatic heterocycles. The molecule has 3 aromatic rings. The van der Waals surface area contributed by atoms with Crippen molar-refractivity contribution in [2.45, 2.75) is 6.61 Å². The zero-order valence-corrected chi connectivity index (χ0v) is 15.8. The van der Waals surface area contributed by atoms with Crippen molar-refractivity contribution in [1.29, 1.82) is 0 Å². The van der Waals surface area contributed by atoms with Gasteiger partial charge in [-0.05, 0) is 23.8 Å². The number of nitro benzene ring substituents is 1. The zero-order valence-electron chi connectivity index (χ0n) is 15.0. The minimum absolute atomic E-state index is 0.0460. The number of nitrogens with one attached hydrogen (secondary N) is 1. The number of anilines is 1. The third kappa shape index (κ3) is 4.97. The summed E-state index contributed by atoms with van der Waals surface area (Å²) >= 11 is 6.00. The number of esters is 1. The summed E-state index contributed by atoms with van der Waals surface area (Å²) in [7, 11) is 0. The van der Waals surface area contributed by atoms with Crippen molar-refractivity contribution < 1.29 is 19.2 Å². The summed E-state index contributed by atoms with van der Waals surface area (Å²) in [6.45, 7) is 0.0934. The van der Waals surface area contributed by atoms with E-state index in [1.807, 2.05) is 30.3 Å². The normalized spacial score (nSPS) is 10.2. The van der Waals surface area contributed by atoms with Crippen LogP contribution in [0.2, 0.25) is 5.02 Å². The van der Waals surface area contributed by atoms with Gasteiger partial charge >= 0.3 is 5.97 Å². The van der Waals surface area contributed by atoms with E-state index >= 15 is 0 Å². The molecule has 3 rings (SSSR count). The Morgan fingerprint density at radius 1 is 0.966 bits per heavy atom. The monoisotopic (exact) mass is 410 g/mol. The van der Waals surface area contributed by atoms with Gasteiger partial charge in [-0.2, -0.15) is 0 Å². The number of benzene rings is 3. The predicted octanol–water partition coefficient (Wildman–Crippen LogP) is 4.86. The highest BCUT2D eigenvalue weighted by molar-refractivity contribution is 6.34. The second kappa shape index (κ2) is 8.99. The minimum atomic E-state index is -0.606. The Morgan fingerprint density at radius 2 is 1.66 bits per heavy atom. The molecule has 0 saturated heterocycles. The fourth-order valence-corrected chi connectivity index (χ4v) is 2.82. The largest absolute Gasteiger partial charge is 0.457 e. The van der Waals surface area contributed by atoms with Gasteiger partial charge < -0.3 is 10.1 Å². The topological polar surface area (TPSA) is 98.5 Å². The Balaban J connectivity index is 1.75. The van der Waals surface area contributed by atoms with E-state index in [2.05, 4.69) is 5.32 Å². The zero-order chi connectivity index (χ0) is 20.8. The first-order valence-electron chi connectivity index (χ1n) is 8.51. The molecule has 8 heteroatoms. The van der Waals surface area contributed by atoms with Crippen LogP contribution in [0.3, 0.4) is 0 Å². The summed E-state index contributed by atoms with van der Waals surface area (Å²) in [6.07, 6.45) is 0. The van der Waals surface area contributed by atoms with Gasteiger partial charge in [-0.1, -0.05) is 54.1 Å². The second-order valence-corrected chi connectivity index (χ2v) is 6.39. The Hall–Kier alpha value is -3.71. The van der Waals surface area contributed by atoms with Crippen molar-refractivity contribution >= 4 is 34.9 Å². The molecule has 0 fully saturated rings. The maximum atomic E-state index is 12.6. The fraction of sp³-hybridized carbons (Fsp3) is 0.0476. The molecule has 0 heterocycles. The maximum Gasteiger partial charge on any atom is 0.340 e. The molecule has 0 unspecified atom stereocenters. The molecule has 1 N–H and O–H groups in total. The van der Waals surface area contributed by atoms with Gasteiger partial charge in [0.05, 0.1) is 26.8 Å². The van der Waals surface area contributed by atoms with Crippen LogP contribution in [0.1, 0.15) is 26.3 Å². The quantitative estimate of drug-likeness (QED) is 0.355. The van der Waals surface area contributed by atoms with Crippen molar-refractivity contribution in [3.05, 3.63) is 105 Å². The first kappa shape index (κ1) is 20.0. The molecule has 0 spiro atoms. The van der Waals surface area contributed by atoms with Gasteiger partial charge in [-0.25, -0.2) is 4.79 Å². The van der Waals surface area contributed by atoms with Gasteiger partial charge in [-0.15, -0.1) is 0 Å². The highest BCUT2D eigenvalue weighted by Crippen LogP contribution is 2.24. The van der Waals surface area contributed by atoms with Gasteiger partial charge in [0.1, 0.15) is 6.61 Å². The van der Waals surface area contributed by atoms with Crippen molar-refractivity contribution in [3.8, 4) is 0 Å². The van der Waals surface area contributed by atoms with Gasteiger partial charge in [-0.3, -0.25) is 14.9 Å². The number of carbonyl (C=O) groups excluding carboxylic acids is 2. The molecular formula is C21H15ClN2O5. The predicted molar refractivity (Wildman–Crippen MR) is 108 cm³/mol. The average molecular weight is 411 g/mol. The lowest BCUT2D eigenvalue weighted by Gasteiger charge is -2.11. The third-order valence-corrected chi connectivity index (χ3v) is 4.33. The molecule has 1 amide bonds. The molecule has 29 heavy (non-hydrogen) atoms. The number of para-hydroxylation sites is 1. The summed E-state index contributed by atoms with van der Waals surface area (Å²) < 4.78 is 5.32. The first-order valence-corrected chi connectivity index (χ1v) is 8.89. The Bertz CT molecular complexity index is 1070. The average Bonchev–Trinajstić information content (AvgIpc) is 2.73. The number of hydrogen-bond donors (Lipinski definition) is 1. The van der Waals surface area contributed by atoms with Crippen LogP contribution in [-0.4, -0.2) is 16.8 Å². The second-order valence-electron chi connectivity index (χ2n) is 5.98. The highest BCUT2D eigenvalue weighted by Gasteiger charge is 2.18. The van der Waals surface area contributed by atoms with E-state index in [4.69, 9.17) is 16.3 Å². The fourth-order valence-electron chi connectivity index (χ4n) is 2.56. The van der Waals surface area contributed by atoms with Crippen LogP contribution in [0.15, 0.2) is 72.8 Å². The molecule has 0 aliphatic carbocycles. The number of rotatable bonds is 6. The van der Waals surface area contributed by atoms with E-state index in [-0.39, 0.29) is 34.1 Å². The molecule has 3 aromatic carbocycles. The van der Waals surface area contributed by atoms with E-state index in [1.54, 1.807) is 18.2 Å². The van der Waals surface area contributed by atoms with Gasteiger partial charge in [0, 0.05) is 12.1 Å². The van der Waals surface area contributed by atoms with Crippen LogP contribution >= 0.6 is 11.6 Å². The lowest BCUT2D eigenvalue weighted by atomic mass is 10.1. The number of nitrogens with zero attached hydrogens (tertiary/aromatic N) is 1. The lowest BCUT2D eigenvalue weighted by Crippen LogP contribution is -2.16. The van der Waals surface area contributed by atoms with E-state index < -0.39 is 16.8 Å². The van der Waals surface area contributed by atoms with Crippen molar-refractivity contribution in [2.24, 2.45) is 0 Å². The summed E-state index contributed by atoms with van der Waals surface area (Å²) in [6, 6.07) is 19.1. The molecule has 7 nitrogen and oxygen atoms in total. The number of amides is 1. The van der Waals surface area contributed by atoms with E-state index in [9.17, 15) is 19.7 Å². The Kier molecular flexibility index (Phi) is 6.21. The van der Waals surface area contributed by atoms with Gasteiger partial charge in [0.15, 0.2) is 0 Å². The summed E-state index contributed by atoms with van der Waals surface area (Å²) in [4.78, 5) is 35.2. The molecule has 0 aromatic heterocycles. The third-order valence-electron chi connectivity index (χ3n) is 4.02. The molecule has 0 saturated carbocycles. The van der Waals surface area contributed by atoms with Crippen molar-refractivity contribution in [1.82, 2.24) is 0 Å². The SMILES string of the molecule is O=C(Nc1ccccc1C(=O)OCc1ccccc1)c1ccc([N+](=O)[O-])cc1Cl. The summed E-state index contributed by atoms with van der Waals surface area (Å²) in [5, 5.41) is 13.3. The molecule has 0 atom stereocenters. The number of halogens is 1. The molecule has 0 radical (unpaired) electrons. The molecule has 0 aliphatic rings. The lowest BCUT2D eigenvalue weighted by molar-refractivity contribution is -0.384. The van der Waals surface area contributed by atoms with Gasteiger partial charge in [0.25, 0.3) is 11.6 Å². The van der Waals surface area contributed by atoms with E-state index in [0.29, 0.717) is 0 Å². The summed E-state index contributed by atoms with van der Waals surface area (Å²) in [5.74, 6) is -1.20. The molecule has 146 valence electrons. The highest BCUT2D eigenvalue weighted by atomic mass is 35.5. The smallest absolute Gasteiger partial charge is 0.340 e. The van der Waals surface area contributed by atoms with Crippen molar-refractivity contribution in [2.75, 3.05) is 5.32 Å². The maximum absolute atomic E-state index is 12.6. The van der Waals surface area contributed by atoms with Crippen LogP contribution in [-0.2, 0) is 11.3 Å². The van der Waals surface area contributed by atoms with Crippen LogP contribution in [0.4, 0.5) is 11.4 Å². The Labute approximate surface area is 171 Å². The summed E-state index contributed by atoms with van der Waals surface area (Å²) in [5.41, 5.74) is 1.07. The molecular weight excluding hydrogens is 396 g/mol. The number of ether oxygens (including phenoxy) is 1. The Morgan fingerprint density at radius 3 is 2.34 bits per heavy atom. The number of nitro groups is 1. The van der Waals surface area contributed by atoms with Crippen LogP contribution in [0.25, 0.3) is 0 Å². The van der Waals surface area contributed by atoms with Crippen LogP contribution < -0.4 is 5.32 Å². The van der Waals surface area contributed by atoms with Crippen LogP contribution in [0, 0.1) is 10.1 Å². The minimum Gasteiger partial charge on any atom is -0.457 e. The van der Waals surface area contributed by atoms with Gasteiger partial charge in [0.2, 0.25) is 0 Å².